The lowest BCUT2D eigenvalue weighted by atomic mass is 10.1. The van der Waals surface area contributed by atoms with Crippen LogP contribution in [0.25, 0.3) is 0 Å². The second-order valence-electron chi connectivity index (χ2n) is 3.90. The van der Waals surface area contributed by atoms with Crippen LogP contribution in [0.15, 0.2) is 18.2 Å². The molecular formula is C13H20ClNOS. The predicted octanol–water partition coefficient (Wildman–Crippen LogP) is 3.58. The quantitative estimate of drug-likeness (QED) is 0.821. The first kappa shape index (κ1) is 14.7. The topological polar surface area (TPSA) is 21.3 Å². The number of hydrogen-bond acceptors (Lipinski definition) is 3. The highest BCUT2D eigenvalue weighted by atomic mass is 35.5. The highest BCUT2D eigenvalue weighted by molar-refractivity contribution is 7.98. The van der Waals surface area contributed by atoms with Crippen LogP contribution in [0.3, 0.4) is 0 Å². The molecule has 0 bridgehead atoms. The van der Waals surface area contributed by atoms with E-state index in [1.54, 1.807) is 7.11 Å². The van der Waals surface area contributed by atoms with Crippen molar-refractivity contribution in [1.82, 2.24) is 5.32 Å². The fraction of sp³-hybridized carbons (Fsp3) is 0.538. The zero-order valence-corrected chi connectivity index (χ0v) is 12.2. The summed E-state index contributed by atoms with van der Waals surface area (Å²) in [7, 11) is 1.69. The second kappa shape index (κ2) is 7.85. The maximum Gasteiger partial charge on any atom is 0.123 e. The molecule has 0 radical (unpaired) electrons. The third-order valence-electron chi connectivity index (χ3n) is 2.68. The van der Waals surface area contributed by atoms with Gasteiger partial charge in [-0.2, -0.15) is 11.8 Å². The summed E-state index contributed by atoms with van der Waals surface area (Å²) in [5, 5.41) is 4.28. The van der Waals surface area contributed by atoms with Gasteiger partial charge in [0.05, 0.1) is 7.11 Å². The predicted molar refractivity (Wildman–Crippen MR) is 77.3 cm³/mol. The Kier molecular flexibility index (Phi) is 6.78. The third-order valence-corrected chi connectivity index (χ3v) is 3.66. The van der Waals surface area contributed by atoms with Crippen molar-refractivity contribution in [1.29, 1.82) is 0 Å². The van der Waals surface area contributed by atoms with Crippen LogP contribution in [0.5, 0.6) is 5.75 Å². The van der Waals surface area contributed by atoms with Crippen LogP contribution in [0, 0.1) is 0 Å². The van der Waals surface area contributed by atoms with Gasteiger partial charge in [0.25, 0.3) is 0 Å². The van der Waals surface area contributed by atoms with E-state index in [4.69, 9.17) is 16.3 Å². The van der Waals surface area contributed by atoms with Crippen LogP contribution in [0.2, 0.25) is 5.02 Å². The number of rotatable bonds is 7. The van der Waals surface area contributed by atoms with Crippen molar-refractivity contribution < 1.29 is 4.74 Å². The number of thioether (sulfide) groups is 1. The maximum absolute atomic E-state index is 6.00. The van der Waals surface area contributed by atoms with E-state index in [-0.39, 0.29) is 0 Å². The van der Waals surface area contributed by atoms with Gasteiger partial charge in [-0.3, -0.25) is 0 Å². The first-order valence-electron chi connectivity index (χ1n) is 5.76. The Morgan fingerprint density at radius 2 is 2.24 bits per heavy atom. The number of ether oxygens (including phenoxy) is 1. The summed E-state index contributed by atoms with van der Waals surface area (Å²) < 4.78 is 5.32. The van der Waals surface area contributed by atoms with Gasteiger partial charge in [0.15, 0.2) is 0 Å². The third kappa shape index (κ3) is 4.78. The standard InChI is InChI=1S/C13H20ClNOS/c1-4-12(9-17-3)15-8-10-7-11(14)5-6-13(10)16-2/h5-7,12,15H,4,8-9H2,1-3H3. The number of nitrogens with one attached hydrogen (secondary N) is 1. The van der Waals surface area contributed by atoms with Gasteiger partial charge in [-0.15, -0.1) is 0 Å². The van der Waals surface area contributed by atoms with E-state index in [9.17, 15) is 0 Å². The van der Waals surface area contributed by atoms with Crippen LogP contribution in [0.4, 0.5) is 0 Å². The van der Waals surface area contributed by atoms with Crippen LogP contribution in [-0.4, -0.2) is 25.2 Å². The molecule has 1 rings (SSSR count). The van der Waals surface area contributed by atoms with Crippen LogP contribution < -0.4 is 10.1 Å². The Balaban J connectivity index is 2.63. The van der Waals surface area contributed by atoms with E-state index < -0.39 is 0 Å². The fourth-order valence-electron chi connectivity index (χ4n) is 1.66. The smallest absolute Gasteiger partial charge is 0.123 e. The number of hydrogen-bond donors (Lipinski definition) is 1. The maximum atomic E-state index is 6.00. The molecule has 2 nitrogen and oxygen atoms in total. The minimum absolute atomic E-state index is 0.536. The van der Waals surface area contributed by atoms with Crippen molar-refractivity contribution in [2.24, 2.45) is 0 Å². The van der Waals surface area contributed by atoms with E-state index in [0.29, 0.717) is 6.04 Å². The molecule has 0 aliphatic heterocycles. The van der Waals surface area contributed by atoms with Gasteiger partial charge < -0.3 is 10.1 Å². The summed E-state index contributed by atoms with van der Waals surface area (Å²) >= 11 is 7.86. The summed E-state index contributed by atoms with van der Waals surface area (Å²) in [4.78, 5) is 0. The minimum Gasteiger partial charge on any atom is -0.496 e. The Hall–Kier alpha value is -0.380. The van der Waals surface area contributed by atoms with E-state index >= 15 is 0 Å². The second-order valence-corrected chi connectivity index (χ2v) is 5.24. The average molecular weight is 274 g/mol. The molecule has 0 aliphatic carbocycles. The summed E-state index contributed by atoms with van der Waals surface area (Å²) in [6.07, 6.45) is 3.26. The van der Waals surface area contributed by atoms with E-state index in [2.05, 4.69) is 18.5 Å². The van der Waals surface area contributed by atoms with E-state index in [0.717, 1.165) is 35.1 Å². The molecule has 0 saturated carbocycles. The SMILES string of the molecule is CCC(CSC)NCc1cc(Cl)ccc1OC. The summed E-state index contributed by atoms with van der Waals surface area (Å²) in [5.74, 6) is 2.01. The van der Waals surface area contributed by atoms with Gasteiger partial charge in [-0.1, -0.05) is 18.5 Å². The number of benzene rings is 1. The van der Waals surface area contributed by atoms with Gasteiger partial charge >= 0.3 is 0 Å². The number of methoxy groups -OCH3 is 1. The summed E-state index contributed by atoms with van der Waals surface area (Å²) in [6, 6.07) is 6.26. The van der Waals surface area contributed by atoms with E-state index in [1.165, 1.54) is 0 Å². The first-order valence-corrected chi connectivity index (χ1v) is 7.53. The molecule has 1 aromatic rings. The molecule has 0 aromatic heterocycles. The largest absolute Gasteiger partial charge is 0.496 e. The molecule has 1 aromatic carbocycles. The van der Waals surface area contributed by atoms with Crippen molar-refractivity contribution in [2.75, 3.05) is 19.1 Å². The zero-order chi connectivity index (χ0) is 12.7. The van der Waals surface area contributed by atoms with Crippen molar-refractivity contribution >= 4 is 23.4 Å². The molecule has 1 unspecified atom stereocenters. The van der Waals surface area contributed by atoms with Crippen molar-refractivity contribution in [2.45, 2.75) is 25.9 Å². The lowest BCUT2D eigenvalue weighted by molar-refractivity contribution is 0.405. The van der Waals surface area contributed by atoms with Crippen LogP contribution in [-0.2, 0) is 6.54 Å². The normalized spacial score (nSPS) is 12.5. The zero-order valence-electron chi connectivity index (χ0n) is 10.6. The van der Waals surface area contributed by atoms with Gasteiger partial charge in [0.2, 0.25) is 0 Å². The molecule has 0 aliphatic rings. The Bertz CT molecular complexity index is 346. The molecule has 0 amide bonds. The Labute approximate surface area is 113 Å². The molecule has 96 valence electrons. The summed E-state index contributed by atoms with van der Waals surface area (Å²) in [5.41, 5.74) is 1.11. The Morgan fingerprint density at radius 3 is 2.82 bits per heavy atom. The molecule has 0 spiro atoms. The van der Waals surface area contributed by atoms with Crippen molar-refractivity contribution in [3.05, 3.63) is 28.8 Å². The van der Waals surface area contributed by atoms with Crippen LogP contribution >= 0.6 is 23.4 Å². The van der Waals surface area contributed by atoms with Crippen molar-refractivity contribution in [3.63, 3.8) is 0 Å². The molecule has 17 heavy (non-hydrogen) atoms. The number of halogens is 1. The summed E-state index contributed by atoms with van der Waals surface area (Å²) in [6.45, 7) is 2.99. The minimum atomic E-state index is 0.536. The Morgan fingerprint density at radius 1 is 1.47 bits per heavy atom. The molecule has 1 atom stereocenters. The molecule has 1 N–H and O–H groups in total. The lowest BCUT2D eigenvalue weighted by Gasteiger charge is -2.17. The van der Waals surface area contributed by atoms with Gasteiger partial charge in [-0.05, 0) is 30.9 Å². The monoisotopic (exact) mass is 273 g/mol. The van der Waals surface area contributed by atoms with Gasteiger partial charge in [-0.25, -0.2) is 0 Å². The van der Waals surface area contributed by atoms with Crippen molar-refractivity contribution in [3.8, 4) is 5.75 Å². The molecule has 4 heteroatoms. The van der Waals surface area contributed by atoms with Crippen LogP contribution in [0.1, 0.15) is 18.9 Å². The highest BCUT2D eigenvalue weighted by Gasteiger charge is 2.08. The van der Waals surface area contributed by atoms with E-state index in [1.807, 2.05) is 30.0 Å². The molecule has 0 saturated heterocycles. The fourth-order valence-corrected chi connectivity index (χ4v) is 2.61. The average Bonchev–Trinajstić information content (AvgIpc) is 2.34. The first-order chi connectivity index (χ1) is 8.21. The molecule has 0 heterocycles. The van der Waals surface area contributed by atoms with Gasteiger partial charge in [0.1, 0.15) is 5.75 Å². The highest BCUT2D eigenvalue weighted by Crippen LogP contribution is 2.22. The van der Waals surface area contributed by atoms with Gasteiger partial charge in [0, 0.05) is 28.9 Å². The molecule has 0 fully saturated rings. The lowest BCUT2D eigenvalue weighted by Crippen LogP contribution is -2.30. The molecular weight excluding hydrogens is 254 g/mol.